The van der Waals surface area contributed by atoms with E-state index in [4.69, 9.17) is 8.83 Å². The third-order valence-electron chi connectivity index (χ3n) is 14.9. The maximum Gasteiger partial charge on any atom is -0.147 e. The summed E-state index contributed by atoms with van der Waals surface area (Å²) in [5, 5.41) is 0. The molecule has 2 heterocycles. The van der Waals surface area contributed by atoms with Crippen molar-refractivity contribution in [1.29, 1.82) is 0 Å². The topological polar surface area (TPSA) is 26.3 Å². The van der Waals surface area contributed by atoms with Crippen LogP contribution in [0.4, 0.5) is 0 Å². The van der Waals surface area contributed by atoms with Crippen LogP contribution in [0.25, 0.3) is 68.2 Å². The molecule has 0 bridgehead atoms. The Morgan fingerprint density at radius 2 is 0.771 bits per heavy atom. The van der Waals surface area contributed by atoms with Crippen LogP contribution in [0.5, 0.6) is 0 Å². The van der Waals surface area contributed by atoms with E-state index in [9.17, 15) is 0 Å². The summed E-state index contributed by atoms with van der Waals surface area (Å²) in [5.41, 5.74) is 23.2. The van der Waals surface area contributed by atoms with Crippen LogP contribution in [0.2, 0.25) is 13.1 Å². The van der Waals surface area contributed by atoms with Gasteiger partial charge in [-0.1, -0.05) is 0 Å². The summed E-state index contributed by atoms with van der Waals surface area (Å²) in [6, 6.07) is 54.1. The Hall–Kier alpha value is -4.96. The largest absolute Gasteiger partial charge is 0.147 e. The Morgan fingerprint density at radius 1 is 0.429 bits per heavy atom. The first-order chi connectivity index (χ1) is 32.5. The minimum Gasteiger partial charge on any atom is -0.147 e. The monoisotopic (exact) mass is 1050 g/mol. The summed E-state index contributed by atoms with van der Waals surface area (Å²) in [4.78, 5) is 0. The van der Waals surface area contributed by atoms with Crippen LogP contribution in [-0.2, 0) is 31.2 Å². The fraction of sp³-hybridized carbons (Fsp3) is 0.250. The molecule has 0 saturated heterocycles. The van der Waals surface area contributed by atoms with Gasteiger partial charge >= 0.3 is 416 Å². The molecule has 2 aliphatic rings. The summed E-state index contributed by atoms with van der Waals surface area (Å²) >= 11 is -2.91. The summed E-state index contributed by atoms with van der Waals surface area (Å²) < 4.78 is 14.7. The van der Waals surface area contributed by atoms with E-state index >= 15 is 0 Å². The van der Waals surface area contributed by atoms with E-state index in [-0.39, 0.29) is 42.9 Å². The molecule has 6 heteroatoms. The Labute approximate surface area is 437 Å². The third kappa shape index (κ3) is 9.36. The smallest absolute Gasteiger partial charge is 0.147 e. The number of furan rings is 2. The SMILES string of the molecule is Cc1cc2c(c(-c3ccc(C(C)(C)C)cc3)c1C)C=C(c1ccc(-c3ccccc3)o1)[CH]2[Zr]([CH]1C(c2ccc(-c3ccccc3)o2)=Cc2c1cc(C)c(C)c2-c1ccc(C(C)(C)C)cc1)=[Si](C)C.Cl.Cl. The number of aryl methyl sites for hydroxylation is 2. The predicted octanol–water partition coefficient (Wildman–Crippen LogP) is 19.0. The first-order valence-corrected chi connectivity index (χ1v) is 33.4. The fourth-order valence-electron chi connectivity index (χ4n) is 10.9. The van der Waals surface area contributed by atoms with E-state index in [2.05, 4.69) is 240 Å². The molecule has 6 aromatic carbocycles. The molecule has 2 unspecified atom stereocenters. The van der Waals surface area contributed by atoms with Crippen molar-refractivity contribution in [2.75, 3.05) is 0 Å². The molecular formula is C64H66Cl2O2SiZr. The van der Waals surface area contributed by atoms with Crippen molar-refractivity contribution in [3.63, 3.8) is 0 Å². The zero-order valence-electron chi connectivity index (χ0n) is 42.8. The van der Waals surface area contributed by atoms with Gasteiger partial charge < -0.3 is 0 Å². The zero-order valence-corrected chi connectivity index (χ0v) is 47.9. The molecule has 0 N–H and O–H groups in total. The summed E-state index contributed by atoms with van der Waals surface area (Å²) in [6.45, 7) is 28.4. The molecular weight excluding hydrogens is 991 g/mol. The third-order valence-corrected chi connectivity index (χ3v) is 34.1. The van der Waals surface area contributed by atoms with Crippen molar-refractivity contribution < 1.29 is 29.2 Å². The number of rotatable bonds is 8. The van der Waals surface area contributed by atoms with Crippen LogP contribution in [0.3, 0.4) is 0 Å². The van der Waals surface area contributed by atoms with Gasteiger partial charge in [-0.3, -0.25) is 0 Å². The normalized spacial score (nSPS) is 15.1. The number of halogens is 2. The molecule has 0 saturated carbocycles. The maximum absolute atomic E-state index is 7.09. The van der Waals surface area contributed by atoms with Crippen LogP contribution in [-0.4, -0.2) is 5.43 Å². The average molecular weight is 1060 g/mol. The second-order valence-electron chi connectivity index (χ2n) is 21.6. The van der Waals surface area contributed by atoms with E-state index in [0.29, 0.717) is 0 Å². The van der Waals surface area contributed by atoms with Gasteiger partial charge in [0.05, 0.1) is 0 Å². The van der Waals surface area contributed by atoms with Crippen molar-refractivity contribution in [3.05, 3.63) is 213 Å². The quantitative estimate of drug-likeness (QED) is 0.142. The van der Waals surface area contributed by atoms with Crippen LogP contribution in [0.1, 0.15) is 116 Å². The van der Waals surface area contributed by atoms with Crippen molar-refractivity contribution in [1.82, 2.24) is 0 Å². The molecule has 0 spiro atoms. The molecule has 0 amide bonds. The molecule has 2 aromatic heterocycles. The summed E-state index contributed by atoms with van der Waals surface area (Å²) in [5.74, 6) is 3.80. The van der Waals surface area contributed by atoms with Gasteiger partial charge in [0, 0.05) is 0 Å². The fourth-order valence-corrected chi connectivity index (χ4v) is 30.6. The molecule has 2 atom stereocenters. The number of allylic oxidation sites excluding steroid dienone is 2. The van der Waals surface area contributed by atoms with Gasteiger partial charge in [0.2, 0.25) is 0 Å². The Balaban J connectivity index is 0.00000329. The number of hydrogen-bond acceptors (Lipinski definition) is 2. The second-order valence-corrected chi connectivity index (χ2v) is 39.5. The summed E-state index contributed by atoms with van der Waals surface area (Å²) in [6.07, 6.45) is 5.11. The van der Waals surface area contributed by atoms with E-state index in [1.165, 1.54) is 89.0 Å². The average Bonchev–Trinajstić information content (AvgIpc) is 4.14. The van der Waals surface area contributed by atoms with Crippen LogP contribution >= 0.6 is 24.8 Å². The van der Waals surface area contributed by atoms with E-state index < -0.39 is 25.8 Å². The van der Waals surface area contributed by atoms with Gasteiger partial charge in [0.15, 0.2) is 0 Å². The minimum absolute atomic E-state index is 0. The standard InChI is InChI=1S/2C31H29O.C2H6Si.2ClH.Zr/c2*1-20-17-24-18-25(29-16-15-28(32-29)22-9-7-6-8-10-22)19-27(24)30(21(20)2)23-11-13-26(14-12-23)31(3,4)5;1-3-2;;;/h2*6-19H,1-5H3;1-2H3;2*1H;. The molecule has 356 valence electrons. The van der Waals surface area contributed by atoms with Gasteiger partial charge in [0.25, 0.3) is 0 Å². The molecule has 2 nitrogen and oxygen atoms in total. The van der Waals surface area contributed by atoms with Gasteiger partial charge in [-0.15, -0.1) is 24.8 Å². The number of benzene rings is 6. The molecule has 0 radical (unpaired) electrons. The Bertz CT molecular complexity index is 3110. The van der Waals surface area contributed by atoms with Crippen molar-refractivity contribution in [2.24, 2.45) is 0 Å². The Kier molecular flexibility index (Phi) is 14.6. The molecule has 0 fully saturated rings. The molecule has 70 heavy (non-hydrogen) atoms. The minimum atomic E-state index is -2.91. The van der Waals surface area contributed by atoms with E-state index in [0.717, 1.165) is 34.2 Å². The number of fused-ring (bicyclic) bond motifs is 2. The van der Waals surface area contributed by atoms with Crippen molar-refractivity contribution in [3.8, 4) is 44.9 Å². The second kappa shape index (κ2) is 19.9. The first kappa shape index (κ1) is 51.4. The van der Waals surface area contributed by atoms with Gasteiger partial charge in [-0.05, 0) is 0 Å². The molecule has 2 aliphatic carbocycles. The molecule has 10 rings (SSSR count). The van der Waals surface area contributed by atoms with Crippen LogP contribution in [0, 0.1) is 27.7 Å². The van der Waals surface area contributed by atoms with E-state index in [1.807, 2.05) is 0 Å². The van der Waals surface area contributed by atoms with Crippen molar-refractivity contribution in [2.45, 2.75) is 100 Å². The van der Waals surface area contributed by atoms with Crippen LogP contribution < -0.4 is 0 Å². The number of hydrogen-bond donors (Lipinski definition) is 0. The van der Waals surface area contributed by atoms with Crippen molar-refractivity contribution >= 4 is 53.5 Å². The predicted molar refractivity (Wildman–Crippen MR) is 302 cm³/mol. The maximum atomic E-state index is 7.09. The Morgan fingerprint density at radius 3 is 1.10 bits per heavy atom. The van der Waals surface area contributed by atoms with E-state index in [1.54, 1.807) is 0 Å². The summed E-state index contributed by atoms with van der Waals surface area (Å²) in [7, 11) is 0. The van der Waals surface area contributed by atoms with Gasteiger partial charge in [-0.2, -0.15) is 0 Å². The zero-order chi connectivity index (χ0) is 47.8. The molecule has 0 aliphatic heterocycles. The van der Waals surface area contributed by atoms with Crippen LogP contribution in [0.15, 0.2) is 154 Å². The molecule has 8 aromatic rings. The van der Waals surface area contributed by atoms with Gasteiger partial charge in [-0.25, -0.2) is 0 Å². The van der Waals surface area contributed by atoms with Gasteiger partial charge in [0.1, 0.15) is 0 Å². The first-order valence-electron chi connectivity index (χ1n) is 24.4.